The fourth-order valence-corrected chi connectivity index (χ4v) is 0. The molecule has 0 heterocycles. The molecule has 9 nitrogen and oxygen atoms in total. The molecular weight excluding hydrogens is 462 g/mol. The largest absolute Gasteiger partial charge is 3.00 e. The maximum Gasteiger partial charge on any atom is 3.00 e. The molecule has 13 heavy (non-hydrogen) atoms. The summed E-state index contributed by atoms with van der Waals surface area (Å²) < 4.78 is 17.1. The molecule has 0 atom stereocenters. The molecule has 13 heteroatoms. The van der Waals surface area contributed by atoms with Gasteiger partial charge < -0.3 is 44.0 Å². The maximum absolute atomic E-state index is 8.55. The van der Waals surface area contributed by atoms with E-state index in [0.717, 1.165) is 0 Å². The topological polar surface area (TPSA) is 204 Å². The van der Waals surface area contributed by atoms with E-state index in [2.05, 4.69) is 0 Å². The van der Waals surface area contributed by atoms with Crippen molar-refractivity contribution in [2.24, 2.45) is 0 Å². The molecule has 0 aromatic rings. The van der Waals surface area contributed by atoms with Crippen LogP contribution in [0.5, 0.6) is 0 Å². The zero-order chi connectivity index (χ0) is 9.00. The molecule has 81 valence electrons. The first-order chi connectivity index (χ1) is 4.00. The van der Waals surface area contributed by atoms with Crippen LogP contribution in [-0.4, -0.2) is 5.48 Å². The normalized spacial score (nSPS) is 9.08. The zero-order valence-corrected chi connectivity index (χ0v) is 12.0. The Labute approximate surface area is 128 Å². The SMILES string of the molecule is O.O=P([O-])([O-])[O-].O=P([O-])([O-])[O-].[Er+3].[Y+3]. The van der Waals surface area contributed by atoms with Crippen LogP contribution in [0.3, 0.4) is 0 Å². The first kappa shape index (κ1) is 29.6. The van der Waals surface area contributed by atoms with Crippen molar-refractivity contribution in [1.29, 1.82) is 0 Å². The Bertz CT molecular complexity index is 130. The first-order valence-electron chi connectivity index (χ1n) is 1.46. The van der Waals surface area contributed by atoms with E-state index in [1.807, 2.05) is 0 Å². The van der Waals surface area contributed by atoms with Crippen molar-refractivity contribution in [2.45, 2.75) is 0 Å². The van der Waals surface area contributed by atoms with Crippen LogP contribution in [0.25, 0.3) is 0 Å². The average Bonchev–Trinajstić information content (AvgIpc) is 1.12. The van der Waals surface area contributed by atoms with E-state index >= 15 is 0 Å². The Morgan fingerprint density at radius 1 is 0.692 bits per heavy atom. The minimum absolute atomic E-state index is 0. The average molecular weight is 464 g/mol. The second-order valence-corrected chi connectivity index (χ2v) is 2.68. The molecule has 1 radical (unpaired) electrons. The summed E-state index contributed by atoms with van der Waals surface area (Å²) in [6.07, 6.45) is 0. The van der Waals surface area contributed by atoms with Crippen LogP contribution in [0.1, 0.15) is 0 Å². The molecule has 0 rings (SSSR count). The third-order valence-corrected chi connectivity index (χ3v) is 0. The standard InChI is InChI=1S/Er.2H3O4P.H2O.Y/c;2*1-5(2,3)4;;/h;2*(H3,1,2,3,4);1H2;/q+3;;;;+3/p-6. The van der Waals surface area contributed by atoms with Gasteiger partial charge in [0.05, 0.1) is 0 Å². The molecule has 0 aliphatic carbocycles. The van der Waals surface area contributed by atoms with Gasteiger partial charge in [-0.2, -0.15) is 15.6 Å². The summed E-state index contributed by atoms with van der Waals surface area (Å²) in [6, 6.07) is 0. The van der Waals surface area contributed by atoms with Crippen LogP contribution < -0.4 is 29.4 Å². The van der Waals surface area contributed by atoms with Crippen LogP contribution in [0.15, 0.2) is 0 Å². The predicted molar refractivity (Wildman–Crippen MR) is 18.8 cm³/mol. The molecule has 0 aliphatic rings. The summed E-state index contributed by atoms with van der Waals surface area (Å²) in [5.74, 6) is 0. The predicted octanol–water partition coefficient (Wildman–Crippen LogP) is -6.48. The Hall–Kier alpha value is 2.53. The van der Waals surface area contributed by atoms with E-state index in [4.69, 9.17) is 38.5 Å². The molecule has 0 unspecified atom stereocenters. The fourth-order valence-electron chi connectivity index (χ4n) is 0. The molecule has 0 aromatic heterocycles. The van der Waals surface area contributed by atoms with Crippen molar-refractivity contribution >= 4 is 15.6 Å². The minimum atomic E-state index is -5.39. The zero-order valence-electron chi connectivity index (χ0n) is 5.53. The van der Waals surface area contributed by atoms with E-state index in [1.165, 1.54) is 0 Å². The van der Waals surface area contributed by atoms with Gasteiger partial charge in [0, 0.05) is 0 Å². The van der Waals surface area contributed by atoms with Gasteiger partial charge in [-0.15, -0.1) is 0 Å². The van der Waals surface area contributed by atoms with Gasteiger partial charge in [-0.05, 0) is 0 Å². The van der Waals surface area contributed by atoms with E-state index in [-0.39, 0.29) is 75.5 Å². The van der Waals surface area contributed by atoms with Gasteiger partial charge in [0.15, 0.2) is 0 Å². The smallest absolute Gasteiger partial charge is 0.822 e. The van der Waals surface area contributed by atoms with Crippen molar-refractivity contribution in [2.75, 3.05) is 0 Å². The summed E-state index contributed by atoms with van der Waals surface area (Å²) in [4.78, 5) is 51.3. The van der Waals surface area contributed by atoms with E-state index in [9.17, 15) is 0 Å². The van der Waals surface area contributed by atoms with Crippen LogP contribution in [0, 0.1) is 37.3 Å². The van der Waals surface area contributed by atoms with Gasteiger partial charge in [0.25, 0.3) is 0 Å². The van der Waals surface area contributed by atoms with E-state index in [0.29, 0.717) is 0 Å². The molecule has 0 aliphatic heterocycles. The Balaban J connectivity index is -0.0000000267. The fraction of sp³-hybridized carbons (Fsp3) is 0. The summed E-state index contributed by atoms with van der Waals surface area (Å²) in [6.45, 7) is 0. The third-order valence-electron chi connectivity index (χ3n) is 0. The van der Waals surface area contributed by atoms with Crippen molar-refractivity contribution in [3.8, 4) is 0 Å². The summed E-state index contributed by atoms with van der Waals surface area (Å²) in [7, 11) is -10.8. The van der Waals surface area contributed by atoms with Gasteiger partial charge in [-0.25, -0.2) is 0 Å². The second kappa shape index (κ2) is 12.6. The molecule has 0 saturated heterocycles. The molecule has 0 bridgehead atoms. The molecule has 0 spiro atoms. The molecule has 0 aromatic carbocycles. The van der Waals surface area contributed by atoms with E-state index < -0.39 is 15.6 Å². The Morgan fingerprint density at radius 3 is 0.692 bits per heavy atom. The van der Waals surface area contributed by atoms with Gasteiger partial charge in [0.2, 0.25) is 0 Å². The van der Waals surface area contributed by atoms with Crippen molar-refractivity contribution in [3.05, 3.63) is 0 Å². The van der Waals surface area contributed by atoms with E-state index in [1.54, 1.807) is 0 Å². The molecular formula is H2ErO9P2Y. The van der Waals surface area contributed by atoms with Crippen molar-refractivity contribution < 1.29 is 114 Å². The monoisotopic (exact) mass is 463 g/mol. The van der Waals surface area contributed by atoms with Gasteiger partial charge in [-0.1, -0.05) is 0 Å². The number of rotatable bonds is 0. The first-order valence-corrected chi connectivity index (χ1v) is 4.38. The third kappa shape index (κ3) is 356. The molecule has 0 fully saturated rings. The summed E-state index contributed by atoms with van der Waals surface area (Å²) >= 11 is 0. The van der Waals surface area contributed by atoms with Crippen molar-refractivity contribution in [3.63, 3.8) is 0 Å². The van der Waals surface area contributed by atoms with Crippen LogP contribution in [0.2, 0.25) is 0 Å². The van der Waals surface area contributed by atoms with Gasteiger partial charge in [0.1, 0.15) is 0 Å². The van der Waals surface area contributed by atoms with Crippen LogP contribution in [0.4, 0.5) is 0 Å². The second-order valence-electron chi connectivity index (χ2n) is 0.894. The number of phosphoric acid groups is 2. The van der Waals surface area contributed by atoms with Crippen LogP contribution >= 0.6 is 15.6 Å². The number of hydrogen-bond acceptors (Lipinski definition) is 8. The molecule has 0 saturated carbocycles. The quantitative estimate of drug-likeness (QED) is 0.315. The Morgan fingerprint density at radius 2 is 0.692 bits per heavy atom. The van der Waals surface area contributed by atoms with Crippen molar-refractivity contribution in [1.82, 2.24) is 0 Å². The summed E-state index contributed by atoms with van der Waals surface area (Å²) in [5.41, 5.74) is 0. The number of hydrogen-bond donors (Lipinski definition) is 0. The maximum atomic E-state index is 8.55. The molecule has 2 N–H and O–H groups in total. The summed E-state index contributed by atoms with van der Waals surface area (Å²) in [5, 5.41) is 0. The minimum Gasteiger partial charge on any atom is -0.822 e. The van der Waals surface area contributed by atoms with Gasteiger partial charge in [-0.3, -0.25) is 0 Å². The molecule has 0 amide bonds. The van der Waals surface area contributed by atoms with Gasteiger partial charge >= 0.3 is 70.0 Å². The Kier molecular flexibility index (Phi) is 28.7. The van der Waals surface area contributed by atoms with Crippen LogP contribution in [-0.2, 0) is 41.8 Å².